The molecular formula is C9H9N5O2S3. The van der Waals surface area contributed by atoms with Gasteiger partial charge in [-0.15, -0.1) is 0 Å². The third-order valence-corrected chi connectivity index (χ3v) is 4.23. The van der Waals surface area contributed by atoms with Crippen LogP contribution < -0.4 is 10.5 Å². The van der Waals surface area contributed by atoms with Crippen LogP contribution in [-0.4, -0.2) is 28.2 Å². The molecule has 0 radical (unpaired) electrons. The molecule has 0 atom stereocenters. The molecule has 0 fully saturated rings. The fraction of sp³-hybridized carbons (Fsp3) is 0.111. The van der Waals surface area contributed by atoms with Gasteiger partial charge in [-0.25, -0.2) is 8.42 Å². The zero-order chi connectivity index (χ0) is 13.9. The maximum atomic E-state index is 12.0. The Balaban J connectivity index is 2.23. The number of hydrogen-bond donors (Lipinski definition) is 2. The molecule has 10 heteroatoms. The van der Waals surface area contributed by atoms with Crippen LogP contribution in [0.15, 0.2) is 24.3 Å². The number of rotatable bonds is 5. The lowest BCUT2D eigenvalue weighted by atomic mass is 10.1. The van der Waals surface area contributed by atoms with Gasteiger partial charge in [0, 0.05) is 17.1 Å². The van der Waals surface area contributed by atoms with Crippen molar-refractivity contribution in [1.29, 1.82) is 0 Å². The SMILES string of the molecule is NC(=S)c1ccccc1CS(=O)(=O)Nc1nnns1. The van der Waals surface area contributed by atoms with Crippen molar-refractivity contribution in [3.8, 4) is 0 Å². The monoisotopic (exact) mass is 315 g/mol. The van der Waals surface area contributed by atoms with E-state index in [-0.39, 0.29) is 15.9 Å². The van der Waals surface area contributed by atoms with Crippen molar-refractivity contribution >= 4 is 43.9 Å². The van der Waals surface area contributed by atoms with Crippen LogP contribution in [0, 0.1) is 0 Å². The van der Waals surface area contributed by atoms with Gasteiger partial charge in [-0.3, -0.25) is 4.72 Å². The predicted molar refractivity (Wildman–Crippen MR) is 76.3 cm³/mol. The molecule has 100 valence electrons. The second-order valence-corrected chi connectivity index (χ2v) is 6.44. The number of nitrogens with two attached hydrogens (primary N) is 1. The topological polar surface area (TPSA) is 111 Å². The smallest absolute Gasteiger partial charge is 0.238 e. The van der Waals surface area contributed by atoms with Crippen LogP contribution in [0.4, 0.5) is 5.13 Å². The standard InChI is InChI=1S/C9H9N5O2S3/c10-8(17)7-4-2-1-3-6(7)5-19(15,16)12-9-11-13-14-18-9/h1-4H,5H2,(H2,10,17)(H,11,12,14). The first-order chi connectivity index (χ1) is 8.98. The lowest BCUT2D eigenvalue weighted by Gasteiger charge is -2.08. The number of nitrogens with zero attached hydrogens (tertiary/aromatic N) is 3. The van der Waals surface area contributed by atoms with Crippen molar-refractivity contribution in [3.05, 3.63) is 35.4 Å². The third kappa shape index (κ3) is 3.66. The Morgan fingerprint density at radius 3 is 2.79 bits per heavy atom. The molecule has 19 heavy (non-hydrogen) atoms. The van der Waals surface area contributed by atoms with Crippen LogP contribution in [0.3, 0.4) is 0 Å². The van der Waals surface area contributed by atoms with Crippen LogP contribution in [-0.2, 0) is 15.8 Å². The molecule has 3 N–H and O–H groups in total. The first-order valence-corrected chi connectivity index (χ1v) is 7.84. The maximum absolute atomic E-state index is 12.0. The van der Waals surface area contributed by atoms with Crippen molar-refractivity contribution in [3.63, 3.8) is 0 Å². The molecule has 1 aromatic heterocycles. The van der Waals surface area contributed by atoms with Crippen LogP contribution in [0.2, 0.25) is 0 Å². The number of anilines is 1. The summed E-state index contributed by atoms with van der Waals surface area (Å²) in [5.41, 5.74) is 6.62. The summed E-state index contributed by atoms with van der Waals surface area (Å²) in [6.45, 7) is 0. The van der Waals surface area contributed by atoms with Gasteiger partial charge in [0.05, 0.1) is 5.75 Å². The van der Waals surface area contributed by atoms with Crippen molar-refractivity contribution in [1.82, 2.24) is 14.8 Å². The van der Waals surface area contributed by atoms with Gasteiger partial charge in [0.15, 0.2) is 0 Å². The maximum Gasteiger partial charge on any atom is 0.238 e. The number of hydrogen-bond acceptors (Lipinski definition) is 7. The summed E-state index contributed by atoms with van der Waals surface area (Å²) in [5.74, 6) is -0.250. The number of nitrogens with one attached hydrogen (secondary N) is 1. The van der Waals surface area contributed by atoms with Gasteiger partial charge in [0.25, 0.3) is 0 Å². The van der Waals surface area contributed by atoms with Crippen LogP contribution in [0.1, 0.15) is 11.1 Å². The van der Waals surface area contributed by atoms with Crippen LogP contribution in [0.25, 0.3) is 0 Å². The Labute approximate surface area is 119 Å². The summed E-state index contributed by atoms with van der Waals surface area (Å²) in [5, 5.41) is 6.95. The summed E-state index contributed by atoms with van der Waals surface area (Å²) in [7, 11) is -3.61. The van der Waals surface area contributed by atoms with E-state index in [9.17, 15) is 8.42 Å². The summed E-state index contributed by atoms with van der Waals surface area (Å²) in [4.78, 5) is 0.156. The molecule has 2 rings (SSSR count). The third-order valence-electron chi connectivity index (χ3n) is 2.17. The van der Waals surface area contributed by atoms with E-state index in [1.54, 1.807) is 24.3 Å². The van der Waals surface area contributed by atoms with E-state index in [2.05, 4.69) is 19.5 Å². The summed E-state index contributed by atoms with van der Waals surface area (Å²) in [6, 6.07) is 6.80. The highest BCUT2D eigenvalue weighted by Crippen LogP contribution is 2.15. The minimum atomic E-state index is -3.61. The summed E-state index contributed by atoms with van der Waals surface area (Å²) >= 11 is 5.74. The van der Waals surface area contributed by atoms with E-state index < -0.39 is 10.0 Å². The summed E-state index contributed by atoms with van der Waals surface area (Å²) in [6.07, 6.45) is 0. The van der Waals surface area contributed by atoms with Crippen molar-refractivity contribution in [2.75, 3.05) is 4.72 Å². The molecule has 0 saturated carbocycles. The Morgan fingerprint density at radius 1 is 1.42 bits per heavy atom. The van der Waals surface area contributed by atoms with Crippen molar-refractivity contribution < 1.29 is 8.42 Å². The largest absolute Gasteiger partial charge is 0.389 e. The first kappa shape index (κ1) is 13.8. The number of benzene rings is 1. The molecule has 0 aliphatic heterocycles. The van der Waals surface area contributed by atoms with Crippen molar-refractivity contribution in [2.45, 2.75) is 5.75 Å². The van der Waals surface area contributed by atoms with E-state index in [1.807, 2.05) is 0 Å². The van der Waals surface area contributed by atoms with Gasteiger partial charge in [-0.2, -0.15) is 0 Å². The minimum Gasteiger partial charge on any atom is -0.389 e. The number of thiocarbonyl (C=S) groups is 1. The zero-order valence-corrected chi connectivity index (χ0v) is 11.9. The van der Waals surface area contributed by atoms with Gasteiger partial charge < -0.3 is 5.73 Å². The van der Waals surface area contributed by atoms with E-state index in [0.29, 0.717) is 11.1 Å². The van der Waals surface area contributed by atoms with E-state index >= 15 is 0 Å². The number of sulfonamides is 1. The molecular weight excluding hydrogens is 306 g/mol. The molecule has 0 bridgehead atoms. The van der Waals surface area contributed by atoms with Gasteiger partial charge in [-0.05, 0) is 10.8 Å². The molecule has 7 nitrogen and oxygen atoms in total. The fourth-order valence-corrected chi connectivity index (χ4v) is 3.43. The van der Waals surface area contributed by atoms with Crippen LogP contribution >= 0.6 is 23.8 Å². The molecule has 1 heterocycles. The fourth-order valence-electron chi connectivity index (χ4n) is 1.43. The molecule has 0 unspecified atom stereocenters. The van der Waals surface area contributed by atoms with Gasteiger partial charge in [0.1, 0.15) is 4.99 Å². The molecule has 0 aliphatic rings. The highest BCUT2D eigenvalue weighted by Gasteiger charge is 2.16. The average molecular weight is 315 g/mol. The Hall–Kier alpha value is -1.65. The average Bonchev–Trinajstić information content (AvgIpc) is 2.80. The lowest BCUT2D eigenvalue weighted by molar-refractivity contribution is 0.600. The second-order valence-electron chi connectivity index (χ2n) is 3.55. The number of aromatic nitrogens is 3. The zero-order valence-electron chi connectivity index (χ0n) is 9.48. The van der Waals surface area contributed by atoms with Gasteiger partial charge in [0.2, 0.25) is 15.2 Å². The molecule has 0 amide bonds. The van der Waals surface area contributed by atoms with Crippen LogP contribution in [0.5, 0.6) is 0 Å². The molecule has 0 aliphatic carbocycles. The van der Waals surface area contributed by atoms with E-state index in [1.165, 1.54) is 0 Å². The highest BCUT2D eigenvalue weighted by molar-refractivity contribution is 7.92. The molecule has 0 spiro atoms. The predicted octanol–water partition coefficient (Wildman–Crippen LogP) is 0.509. The Bertz CT molecular complexity index is 684. The van der Waals surface area contributed by atoms with E-state index in [0.717, 1.165) is 11.5 Å². The summed E-state index contributed by atoms with van der Waals surface area (Å²) < 4.78 is 29.7. The lowest BCUT2D eigenvalue weighted by Crippen LogP contribution is -2.18. The molecule has 2 aromatic rings. The van der Waals surface area contributed by atoms with E-state index in [4.69, 9.17) is 18.0 Å². The van der Waals surface area contributed by atoms with Crippen molar-refractivity contribution in [2.24, 2.45) is 5.73 Å². The Morgan fingerprint density at radius 2 is 2.16 bits per heavy atom. The normalized spacial score (nSPS) is 11.2. The first-order valence-electron chi connectivity index (χ1n) is 5.01. The minimum absolute atomic E-state index is 0.118. The molecule has 1 aromatic carbocycles. The second kappa shape index (κ2) is 5.55. The van der Waals surface area contributed by atoms with Gasteiger partial charge >= 0.3 is 0 Å². The Kier molecular flexibility index (Phi) is 4.02. The van der Waals surface area contributed by atoms with Gasteiger partial charge in [-0.1, -0.05) is 46.1 Å². The molecule has 0 saturated heterocycles. The quantitative estimate of drug-likeness (QED) is 0.773. The highest BCUT2D eigenvalue weighted by atomic mass is 32.2.